The van der Waals surface area contributed by atoms with Gasteiger partial charge in [-0.25, -0.2) is 9.97 Å². The van der Waals surface area contributed by atoms with Crippen LogP contribution in [0.15, 0.2) is 0 Å². The maximum absolute atomic E-state index is 5.83. The van der Waals surface area contributed by atoms with Gasteiger partial charge in [0, 0.05) is 14.2 Å². The second-order valence-electron chi connectivity index (χ2n) is 3.84. The van der Waals surface area contributed by atoms with Crippen LogP contribution in [0.3, 0.4) is 0 Å². The van der Waals surface area contributed by atoms with Gasteiger partial charge in [0.15, 0.2) is 5.82 Å². The summed E-state index contributed by atoms with van der Waals surface area (Å²) in [5.41, 5.74) is 6.07. The average Bonchev–Trinajstić information content (AvgIpc) is 2.24. The molecule has 0 unspecified atom stereocenters. The highest BCUT2D eigenvalue weighted by molar-refractivity contribution is 14.1. The Kier molecular flexibility index (Phi) is 4.45. The Morgan fingerprint density at radius 3 is 2.44 bits per heavy atom. The van der Waals surface area contributed by atoms with Crippen molar-refractivity contribution in [1.82, 2.24) is 9.97 Å². The van der Waals surface area contributed by atoms with Crippen LogP contribution in [0.1, 0.15) is 25.4 Å². The summed E-state index contributed by atoms with van der Waals surface area (Å²) in [6, 6.07) is 0. The molecule has 16 heavy (non-hydrogen) atoms. The fourth-order valence-corrected chi connectivity index (χ4v) is 1.50. The van der Waals surface area contributed by atoms with Crippen molar-refractivity contribution in [2.24, 2.45) is 0 Å². The highest BCUT2D eigenvalue weighted by atomic mass is 127. The summed E-state index contributed by atoms with van der Waals surface area (Å²) in [6.45, 7) is 4.20. The molecule has 0 bridgehead atoms. The average molecular weight is 337 g/mol. The Balaban J connectivity index is 3.23. The first-order valence-corrected chi connectivity index (χ1v) is 5.86. The Hall–Kier alpha value is -0.470. The van der Waals surface area contributed by atoms with Crippen molar-refractivity contribution in [3.8, 4) is 0 Å². The number of hydrogen-bond donors (Lipinski definition) is 1. The third kappa shape index (κ3) is 2.80. The van der Waals surface area contributed by atoms with Gasteiger partial charge in [-0.2, -0.15) is 0 Å². The summed E-state index contributed by atoms with van der Waals surface area (Å²) < 4.78 is 11.2. The van der Waals surface area contributed by atoms with Gasteiger partial charge < -0.3 is 15.2 Å². The summed E-state index contributed by atoms with van der Waals surface area (Å²) in [4.78, 5) is 8.65. The van der Waals surface area contributed by atoms with E-state index < -0.39 is 5.60 Å². The van der Waals surface area contributed by atoms with Crippen molar-refractivity contribution >= 4 is 28.4 Å². The molecule has 0 radical (unpaired) electrons. The molecule has 0 aromatic carbocycles. The predicted octanol–water partition coefficient (Wildman–Crippen LogP) is 1.69. The molecular formula is C10H16IN3O2. The van der Waals surface area contributed by atoms with Crippen molar-refractivity contribution < 1.29 is 9.47 Å². The van der Waals surface area contributed by atoms with E-state index in [-0.39, 0.29) is 0 Å². The summed E-state index contributed by atoms with van der Waals surface area (Å²) in [5.74, 6) is 1.03. The number of halogens is 1. The number of methoxy groups -OCH3 is 2. The zero-order chi connectivity index (χ0) is 12.3. The SMILES string of the molecule is COCc1nc(C(C)(C)OC)nc(N)c1I. The van der Waals surface area contributed by atoms with Crippen LogP contribution in [-0.2, 0) is 21.7 Å². The first kappa shape index (κ1) is 13.6. The van der Waals surface area contributed by atoms with Gasteiger partial charge in [-0.05, 0) is 36.4 Å². The number of aromatic nitrogens is 2. The molecule has 0 atom stereocenters. The number of anilines is 1. The third-order valence-electron chi connectivity index (χ3n) is 2.28. The van der Waals surface area contributed by atoms with E-state index in [1.54, 1.807) is 14.2 Å². The molecular weight excluding hydrogens is 321 g/mol. The minimum Gasteiger partial charge on any atom is -0.383 e. The standard InChI is InChI=1S/C10H16IN3O2/c1-10(2,16-4)9-13-6(5-15-3)7(11)8(12)14-9/h5H2,1-4H3,(H2,12,13,14). The van der Waals surface area contributed by atoms with Crippen LogP contribution in [0.25, 0.3) is 0 Å². The lowest BCUT2D eigenvalue weighted by molar-refractivity contribution is 0.0111. The molecule has 1 heterocycles. The molecule has 1 rings (SSSR count). The van der Waals surface area contributed by atoms with Crippen molar-refractivity contribution in [2.45, 2.75) is 26.1 Å². The summed E-state index contributed by atoms with van der Waals surface area (Å²) >= 11 is 2.11. The van der Waals surface area contributed by atoms with Gasteiger partial charge in [-0.3, -0.25) is 0 Å². The number of rotatable bonds is 4. The smallest absolute Gasteiger partial charge is 0.162 e. The topological polar surface area (TPSA) is 70.3 Å². The van der Waals surface area contributed by atoms with Gasteiger partial charge in [0.2, 0.25) is 0 Å². The predicted molar refractivity (Wildman–Crippen MR) is 69.9 cm³/mol. The number of ether oxygens (including phenoxy) is 2. The Morgan fingerprint density at radius 2 is 1.94 bits per heavy atom. The molecule has 90 valence electrons. The van der Waals surface area contributed by atoms with E-state index >= 15 is 0 Å². The van der Waals surface area contributed by atoms with Gasteiger partial charge in [-0.1, -0.05) is 0 Å². The summed E-state index contributed by atoms with van der Waals surface area (Å²) in [7, 11) is 3.24. The molecule has 0 amide bonds. The van der Waals surface area contributed by atoms with E-state index in [0.29, 0.717) is 18.2 Å². The van der Waals surface area contributed by atoms with Crippen LogP contribution < -0.4 is 5.73 Å². The first-order valence-electron chi connectivity index (χ1n) is 4.78. The molecule has 0 spiro atoms. The highest BCUT2D eigenvalue weighted by Gasteiger charge is 2.25. The molecule has 1 aromatic rings. The lowest BCUT2D eigenvalue weighted by atomic mass is 10.1. The lowest BCUT2D eigenvalue weighted by Gasteiger charge is -2.22. The molecule has 0 aliphatic heterocycles. The zero-order valence-electron chi connectivity index (χ0n) is 9.87. The van der Waals surface area contributed by atoms with Crippen LogP contribution in [0.5, 0.6) is 0 Å². The van der Waals surface area contributed by atoms with Crippen molar-refractivity contribution in [3.63, 3.8) is 0 Å². The number of nitrogen functional groups attached to an aromatic ring is 1. The Morgan fingerprint density at radius 1 is 1.31 bits per heavy atom. The third-order valence-corrected chi connectivity index (χ3v) is 3.45. The maximum Gasteiger partial charge on any atom is 0.162 e. The van der Waals surface area contributed by atoms with Gasteiger partial charge in [-0.15, -0.1) is 0 Å². The number of hydrogen-bond acceptors (Lipinski definition) is 5. The minimum absolute atomic E-state index is 0.414. The van der Waals surface area contributed by atoms with Gasteiger partial charge in [0.1, 0.15) is 11.4 Å². The second-order valence-corrected chi connectivity index (χ2v) is 4.92. The molecule has 0 fully saturated rings. The van der Waals surface area contributed by atoms with Crippen LogP contribution in [0.2, 0.25) is 0 Å². The maximum atomic E-state index is 5.83. The molecule has 5 nitrogen and oxygen atoms in total. The Bertz CT molecular complexity index is 383. The van der Waals surface area contributed by atoms with Crippen LogP contribution in [-0.4, -0.2) is 24.2 Å². The van der Waals surface area contributed by atoms with E-state index in [4.69, 9.17) is 15.2 Å². The molecule has 6 heteroatoms. The quantitative estimate of drug-likeness (QED) is 0.847. The molecule has 2 N–H and O–H groups in total. The van der Waals surface area contributed by atoms with Crippen molar-refractivity contribution in [2.75, 3.05) is 20.0 Å². The van der Waals surface area contributed by atoms with Gasteiger partial charge in [0.05, 0.1) is 15.9 Å². The zero-order valence-corrected chi connectivity index (χ0v) is 12.0. The van der Waals surface area contributed by atoms with E-state index in [0.717, 1.165) is 9.26 Å². The molecule has 0 saturated heterocycles. The van der Waals surface area contributed by atoms with Crippen molar-refractivity contribution in [1.29, 1.82) is 0 Å². The Labute approximate surface area is 109 Å². The monoisotopic (exact) mass is 337 g/mol. The van der Waals surface area contributed by atoms with Crippen LogP contribution in [0.4, 0.5) is 5.82 Å². The highest BCUT2D eigenvalue weighted by Crippen LogP contribution is 2.24. The van der Waals surface area contributed by atoms with Crippen molar-refractivity contribution in [3.05, 3.63) is 15.1 Å². The lowest BCUT2D eigenvalue weighted by Crippen LogP contribution is -2.25. The normalized spacial score (nSPS) is 11.8. The molecule has 0 saturated carbocycles. The molecule has 0 aliphatic rings. The van der Waals surface area contributed by atoms with Gasteiger partial charge in [0.25, 0.3) is 0 Å². The van der Waals surface area contributed by atoms with E-state index in [1.807, 2.05) is 13.8 Å². The summed E-state index contributed by atoms with van der Waals surface area (Å²) in [5, 5.41) is 0. The second kappa shape index (κ2) is 5.24. The van der Waals surface area contributed by atoms with E-state index in [2.05, 4.69) is 32.6 Å². The first-order chi connectivity index (χ1) is 7.42. The van der Waals surface area contributed by atoms with Gasteiger partial charge >= 0.3 is 0 Å². The summed E-state index contributed by atoms with van der Waals surface area (Å²) in [6.07, 6.45) is 0. The largest absolute Gasteiger partial charge is 0.383 e. The number of nitrogens with zero attached hydrogens (tertiary/aromatic N) is 2. The van der Waals surface area contributed by atoms with Crippen LogP contribution in [0, 0.1) is 3.57 Å². The molecule has 1 aromatic heterocycles. The van der Waals surface area contributed by atoms with Crippen LogP contribution >= 0.6 is 22.6 Å². The fourth-order valence-electron chi connectivity index (χ4n) is 1.11. The van der Waals surface area contributed by atoms with E-state index in [1.165, 1.54) is 0 Å². The van der Waals surface area contributed by atoms with E-state index in [9.17, 15) is 0 Å². The fraction of sp³-hybridized carbons (Fsp3) is 0.600. The minimum atomic E-state index is -0.555. The molecule has 0 aliphatic carbocycles. The number of nitrogens with two attached hydrogens (primary N) is 1.